The van der Waals surface area contributed by atoms with Gasteiger partial charge in [0.1, 0.15) is 52.7 Å². The normalized spacial score (nSPS) is 11.6. The molecule has 0 atom stereocenters. The Morgan fingerprint density at radius 3 is 0.647 bits per heavy atom. The van der Waals surface area contributed by atoms with E-state index in [0.717, 1.165) is 6.42 Å². The fourth-order valence-electron chi connectivity index (χ4n) is 7.49. The predicted octanol–water partition coefficient (Wildman–Crippen LogP) is 11.8. The highest BCUT2D eigenvalue weighted by Gasteiger charge is 2.52. The van der Waals surface area contributed by atoms with Gasteiger partial charge in [-0.25, -0.2) is 87.8 Å². The van der Waals surface area contributed by atoms with Crippen molar-refractivity contribution >= 4 is 38.9 Å². The summed E-state index contributed by atoms with van der Waals surface area (Å²) in [5, 5.41) is 0. The standard InChI is InChI=1S/C24BF20.C22H23S/c26-5-1(6(27)14(35)21(42)13(5)34)25(2-7(28)15(36)22(43)16(37)8(2)29,3-9(30)17(38)23(44)18(39)10(3)31)4-11(32)19(40)24(45)20(41)12(4)33;1-4-19-9-15-22(16-10-19)23(20-11-5-17(2)6-12-20)21-13-7-18(3)8-14-21/h;5-16H,4H2,1-3H3/q-1;+1. The minimum absolute atomic E-state index is 0.0414. The average Bonchev–Trinajstić information content (AvgIpc) is 3.33. The summed E-state index contributed by atoms with van der Waals surface area (Å²) in [5.41, 5.74) is -10.3. The molecule has 0 unspecified atom stereocenters. The van der Waals surface area contributed by atoms with E-state index >= 15 is 35.1 Å². The molecule has 0 N–H and O–H groups in total. The summed E-state index contributed by atoms with van der Waals surface area (Å²) in [6.07, 6.45) is -6.13. The summed E-state index contributed by atoms with van der Waals surface area (Å²) < 4.78 is 294. The van der Waals surface area contributed by atoms with Crippen molar-refractivity contribution in [2.75, 3.05) is 0 Å². The number of halogens is 20. The largest absolute Gasteiger partial charge is 0.207 e. The molecule has 0 nitrogen and oxygen atoms in total. The van der Waals surface area contributed by atoms with E-state index in [2.05, 4.69) is 93.6 Å². The van der Waals surface area contributed by atoms with Crippen molar-refractivity contribution in [2.24, 2.45) is 0 Å². The van der Waals surface area contributed by atoms with Gasteiger partial charge >= 0.3 is 0 Å². The van der Waals surface area contributed by atoms with Crippen LogP contribution in [0, 0.1) is 130 Å². The maximum absolute atomic E-state index is 15.4. The first kappa shape index (κ1) is 51.0. The Bertz CT molecular complexity index is 2680. The molecule has 7 aromatic carbocycles. The van der Waals surface area contributed by atoms with Crippen LogP contribution in [-0.4, -0.2) is 6.15 Å². The second kappa shape index (κ2) is 19.3. The van der Waals surface area contributed by atoms with Gasteiger partial charge in [0.25, 0.3) is 0 Å². The molecular weight excluding hydrogens is 975 g/mol. The molecule has 0 aliphatic heterocycles. The summed E-state index contributed by atoms with van der Waals surface area (Å²) in [7, 11) is -0.0414. The van der Waals surface area contributed by atoms with E-state index in [0.29, 0.717) is 0 Å². The molecule has 0 fully saturated rings. The molecule has 0 aliphatic rings. The van der Waals surface area contributed by atoms with Gasteiger partial charge in [0, 0.05) is 0 Å². The SMILES string of the molecule is CCc1ccc([S+](c2ccc(C)cc2)c2ccc(C)cc2)cc1.Fc1c(F)c(F)c([B-](c2c(F)c(F)c(F)c(F)c2F)(c2c(F)c(F)c(F)c(F)c2F)c2c(F)c(F)c(F)c(F)c2F)c(F)c1F. The molecule has 356 valence electrons. The molecule has 7 rings (SSSR count). The third-order valence-electron chi connectivity index (χ3n) is 10.8. The molecule has 22 heteroatoms. The zero-order chi connectivity index (χ0) is 50.6. The zero-order valence-electron chi connectivity index (χ0n) is 34.2. The van der Waals surface area contributed by atoms with Crippen molar-refractivity contribution in [3.8, 4) is 0 Å². The maximum Gasteiger partial charge on any atom is 0.200 e. The second-order valence-corrected chi connectivity index (χ2v) is 16.8. The smallest absolute Gasteiger partial charge is 0.200 e. The van der Waals surface area contributed by atoms with Crippen molar-refractivity contribution in [1.82, 2.24) is 0 Å². The third kappa shape index (κ3) is 8.23. The van der Waals surface area contributed by atoms with Crippen LogP contribution in [0.1, 0.15) is 23.6 Å². The summed E-state index contributed by atoms with van der Waals surface area (Å²) in [6, 6.07) is 27.0. The van der Waals surface area contributed by atoms with E-state index in [1.807, 2.05) is 0 Å². The van der Waals surface area contributed by atoms with Gasteiger partial charge in [0.2, 0.25) is 0 Å². The van der Waals surface area contributed by atoms with Crippen molar-refractivity contribution in [3.63, 3.8) is 0 Å². The molecule has 7 aromatic rings. The number of benzene rings is 7. The topological polar surface area (TPSA) is 0 Å². The highest BCUT2D eigenvalue weighted by Crippen LogP contribution is 2.33. The van der Waals surface area contributed by atoms with Crippen LogP contribution in [0.25, 0.3) is 0 Å². The number of rotatable bonds is 8. The van der Waals surface area contributed by atoms with Gasteiger partial charge in [-0.15, -0.1) is 21.9 Å². The van der Waals surface area contributed by atoms with Crippen molar-refractivity contribution in [1.29, 1.82) is 0 Å². The van der Waals surface area contributed by atoms with Crippen molar-refractivity contribution in [2.45, 2.75) is 41.9 Å². The van der Waals surface area contributed by atoms with E-state index in [1.165, 1.54) is 31.4 Å². The molecule has 0 heterocycles. The quantitative estimate of drug-likeness (QED) is 0.0468. The first-order chi connectivity index (χ1) is 31.9. The minimum Gasteiger partial charge on any atom is -0.207 e. The lowest BCUT2D eigenvalue weighted by atomic mass is 9.12. The molecule has 0 aromatic heterocycles. The van der Waals surface area contributed by atoms with Gasteiger partial charge in [-0.1, -0.05) is 54.4 Å². The third-order valence-corrected chi connectivity index (χ3v) is 13.0. The van der Waals surface area contributed by atoms with Gasteiger partial charge in [-0.05, 0) is 62.2 Å². The van der Waals surface area contributed by atoms with Crippen molar-refractivity contribution in [3.05, 3.63) is 206 Å². The predicted molar refractivity (Wildman–Crippen MR) is 210 cm³/mol. The number of aryl methyl sites for hydroxylation is 3. The molecule has 0 spiro atoms. The fraction of sp³-hybridized carbons (Fsp3) is 0.0870. The van der Waals surface area contributed by atoms with Gasteiger partial charge in [0.15, 0.2) is 84.5 Å². The lowest BCUT2D eigenvalue weighted by Gasteiger charge is -2.44. The highest BCUT2D eigenvalue weighted by atomic mass is 32.2. The minimum atomic E-state index is -7.22. The Balaban J connectivity index is 0.000000276. The summed E-state index contributed by atoms with van der Waals surface area (Å²) >= 11 is 0. The highest BCUT2D eigenvalue weighted by molar-refractivity contribution is 7.97. The van der Waals surface area contributed by atoms with E-state index < -0.39 is 144 Å². The van der Waals surface area contributed by atoms with E-state index in [9.17, 15) is 52.7 Å². The first-order valence-corrected chi connectivity index (χ1v) is 20.3. The van der Waals surface area contributed by atoms with Crippen LogP contribution >= 0.6 is 0 Å². The van der Waals surface area contributed by atoms with Gasteiger partial charge in [-0.3, -0.25) is 0 Å². The lowest BCUT2D eigenvalue weighted by Crippen LogP contribution is -2.81. The zero-order valence-corrected chi connectivity index (χ0v) is 35.0. The Labute approximate surface area is 373 Å². The van der Waals surface area contributed by atoms with Crippen LogP contribution < -0.4 is 21.9 Å². The second-order valence-electron chi connectivity index (χ2n) is 14.7. The summed E-state index contributed by atoms with van der Waals surface area (Å²) in [6.45, 7) is 6.49. The van der Waals surface area contributed by atoms with Gasteiger partial charge in [0.05, 0.1) is 10.9 Å². The molecule has 0 saturated carbocycles. The molecule has 0 amide bonds. The van der Waals surface area contributed by atoms with Crippen molar-refractivity contribution < 1.29 is 87.8 Å². The molecule has 0 bridgehead atoms. The molecular formula is C46H23BF20S. The average molecular weight is 999 g/mol. The molecule has 0 saturated heterocycles. The molecule has 0 aliphatic carbocycles. The number of hydrogen-bond acceptors (Lipinski definition) is 0. The Morgan fingerprint density at radius 1 is 0.279 bits per heavy atom. The van der Waals surface area contributed by atoms with E-state index in [4.69, 9.17) is 0 Å². The molecule has 0 radical (unpaired) electrons. The first-order valence-electron chi connectivity index (χ1n) is 19.1. The van der Waals surface area contributed by atoms with Gasteiger partial charge in [-0.2, -0.15) is 0 Å². The summed E-state index contributed by atoms with van der Waals surface area (Å²) in [5.74, 6) is -71.4. The number of hydrogen-bond donors (Lipinski definition) is 0. The van der Waals surface area contributed by atoms with Crippen LogP contribution in [0.3, 0.4) is 0 Å². The Morgan fingerprint density at radius 2 is 0.456 bits per heavy atom. The lowest BCUT2D eigenvalue weighted by molar-refractivity contribution is 0.378. The molecule has 68 heavy (non-hydrogen) atoms. The summed E-state index contributed by atoms with van der Waals surface area (Å²) in [4.78, 5) is 4.14. The van der Waals surface area contributed by atoms with Crippen LogP contribution in [0.2, 0.25) is 0 Å². The Kier molecular flexibility index (Phi) is 14.4. The van der Waals surface area contributed by atoms with Crippen LogP contribution in [0.4, 0.5) is 87.8 Å². The fourth-order valence-corrected chi connectivity index (χ4v) is 9.53. The van der Waals surface area contributed by atoms with Crippen LogP contribution in [-0.2, 0) is 17.3 Å². The van der Waals surface area contributed by atoms with Crippen LogP contribution in [0.5, 0.6) is 0 Å². The monoisotopic (exact) mass is 998 g/mol. The van der Waals surface area contributed by atoms with E-state index in [1.54, 1.807) is 0 Å². The maximum atomic E-state index is 15.4. The van der Waals surface area contributed by atoms with E-state index in [-0.39, 0.29) is 10.9 Å². The van der Waals surface area contributed by atoms with Gasteiger partial charge < -0.3 is 0 Å². The Hall–Kier alpha value is -6.45. The van der Waals surface area contributed by atoms with Crippen LogP contribution in [0.15, 0.2) is 87.5 Å².